The van der Waals surface area contributed by atoms with Crippen molar-refractivity contribution in [2.75, 3.05) is 48.0 Å². The molecule has 9 nitrogen and oxygen atoms in total. The lowest BCUT2D eigenvalue weighted by Crippen LogP contribution is -2.33. The molecule has 0 atom stereocenters. The summed E-state index contributed by atoms with van der Waals surface area (Å²) in [4.78, 5) is 27.8. The number of benzene rings is 1. The van der Waals surface area contributed by atoms with Gasteiger partial charge < -0.3 is 19.7 Å². The van der Waals surface area contributed by atoms with Crippen LogP contribution in [-0.4, -0.2) is 63.2 Å². The Kier molecular flexibility index (Phi) is 5.14. The van der Waals surface area contributed by atoms with E-state index in [2.05, 4.69) is 25.2 Å². The molecule has 154 valence electrons. The van der Waals surface area contributed by atoms with Gasteiger partial charge in [-0.3, -0.25) is 9.36 Å². The van der Waals surface area contributed by atoms with Crippen molar-refractivity contribution in [1.29, 1.82) is 0 Å². The van der Waals surface area contributed by atoms with Crippen molar-refractivity contribution < 1.29 is 14.3 Å². The second kappa shape index (κ2) is 8.23. The van der Waals surface area contributed by atoms with E-state index in [0.29, 0.717) is 41.9 Å². The van der Waals surface area contributed by atoms with Gasteiger partial charge >= 0.3 is 0 Å². The number of carbonyl (C=O) groups is 1. The third kappa shape index (κ3) is 3.90. The zero-order chi connectivity index (χ0) is 20.3. The van der Waals surface area contributed by atoms with Gasteiger partial charge in [-0.25, -0.2) is 15.0 Å². The predicted octanol–water partition coefficient (Wildman–Crippen LogP) is 2.24. The van der Waals surface area contributed by atoms with Gasteiger partial charge in [-0.2, -0.15) is 11.8 Å². The van der Waals surface area contributed by atoms with Crippen molar-refractivity contribution in [1.82, 2.24) is 19.5 Å². The summed E-state index contributed by atoms with van der Waals surface area (Å²) in [5.41, 5.74) is 0.908. The molecule has 2 aliphatic heterocycles. The molecule has 0 saturated carbocycles. The first-order chi connectivity index (χ1) is 14.8. The summed E-state index contributed by atoms with van der Waals surface area (Å²) < 4.78 is 12.8. The zero-order valence-corrected chi connectivity index (χ0v) is 17.0. The molecule has 5 rings (SSSR count). The number of nitrogens with one attached hydrogen (secondary N) is 1. The minimum Gasteiger partial charge on any atom is -0.486 e. The number of rotatable bonds is 4. The zero-order valence-electron chi connectivity index (χ0n) is 16.2. The van der Waals surface area contributed by atoms with Crippen molar-refractivity contribution in [2.45, 2.75) is 0 Å². The summed E-state index contributed by atoms with van der Waals surface area (Å²) in [6, 6.07) is 7.22. The van der Waals surface area contributed by atoms with Crippen LogP contribution in [0.2, 0.25) is 0 Å². The molecule has 0 radical (unpaired) electrons. The van der Waals surface area contributed by atoms with Gasteiger partial charge in [0.05, 0.1) is 0 Å². The summed E-state index contributed by atoms with van der Waals surface area (Å²) in [7, 11) is 0. The summed E-state index contributed by atoms with van der Waals surface area (Å²) in [5.74, 6) is 4.72. The first-order valence-electron chi connectivity index (χ1n) is 9.66. The minimum absolute atomic E-state index is 0.291. The van der Waals surface area contributed by atoms with Crippen LogP contribution in [0, 0.1) is 0 Å². The van der Waals surface area contributed by atoms with Crippen LogP contribution in [0.25, 0.3) is 5.82 Å². The van der Waals surface area contributed by atoms with E-state index in [1.54, 1.807) is 41.6 Å². The van der Waals surface area contributed by atoms with E-state index in [9.17, 15) is 4.79 Å². The number of aromatic nitrogens is 4. The van der Waals surface area contributed by atoms with Gasteiger partial charge in [0, 0.05) is 48.6 Å². The minimum atomic E-state index is -0.312. The quantitative estimate of drug-likeness (QED) is 0.682. The number of thioether (sulfide) groups is 1. The third-order valence-electron chi connectivity index (χ3n) is 4.85. The van der Waals surface area contributed by atoms with E-state index in [0.717, 1.165) is 30.4 Å². The number of hydrogen-bond donors (Lipinski definition) is 1. The highest BCUT2D eigenvalue weighted by atomic mass is 32.2. The SMILES string of the molecule is O=C(Nc1ccc2c(c1)OCCO2)c1cn(-c2cc(N3CCSCC3)ncn2)cn1. The van der Waals surface area contributed by atoms with Crippen LogP contribution in [0.15, 0.2) is 43.1 Å². The van der Waals surface area contributed by atoms with E-state index in [1.165, 1.54) is 0 Å². The number of ether oxygens (including phenoxy) is 2. The Labute approximate surface area is 177 Å². The molecule has 1 amide bonds. The lowest BCUT2D eigenvalue weighted by molar-refractivity contribution is 0.102. The molecule has 4 heterocycles. The maximum Gasteiger partial charge on any atom is 0.275 e. The fourth-order valence-corrected chi connectivity index (χ4v) is 4.23. The molecule has 30 heavy (non-hydrogen) atoms. The van der Waals surface area contributed by atoms with E-state index in [-0.39, 0.29) is 5.91 Å². The molecule has 1 aromatic carbocycles. The Balaban J connectivity index is 1.31. The summed E-state index contributed by atoms with van der Waals surface area (Å²) in [5, 5.41) is 2.84. The molecule has 3 aromatic rings. The van der Waals surface area contributed by atoms with Crippen molar-refractivity contribution in [3.05, 3.63) is 48.8 Å². The van der Waals surface area contributed by atoms with E-state index < -0.39 is 0 Å². The van der Waals surface area contributed by atoms with Gasteiger partial charge in [-0.15, -0.1) is 0 Å². The largest absolute Gasteiger partial charge is 0.486 e. The van der Waals surface area contributed by atoms with Crippen LogP contribution in [0.4, 0.5) is 11.5 Å². The second-order valence-electron chi connectivity index (χ2n) is 6.81. The Bertz CT molecular complexity index is 1070. The second-order valence-corrected chi connectivity index (χ2v) is 8.04. The molecule has 1 saturated heterocycles. The van der Waals surface area contributed by atoms with E-state index in [1.807, 2.05) is 17.8 Å². The molecule has 2 aliphatic rings. The van der Waals surface area contributed by atoms with Crippen LogP contribution >= 0.6 is 11.8 Å². The summed E-state index contributed by atoms with van der Waals surface area (Å²) in [6.07, 6.45) is 4.78. The number of carbonyl (C=O) groups excluding carboxylic acids is 1. The molecule has 10 heteroatoms. The van der Waals surface area contributed by atoms with Crippen molar-refractivity contribution in [3.63, 3.8) is 0 Å². The summed E-state index contributed by atoms with van der Waals surface area (Å²) in [6.45, 7) is 2.95. The molecular formula is C20H20N6O3S. The van der Waals surface area contributed by atoms with Gasteiger partial charge in [-0.05, 0) is 12.1 Å². The van der Waals surface area contributed by atoms with Crippen molar-refractivity contribution in [2.24, 2.45) is 0 Å². The first-order valence-corrected chi connectivity index (χ1v) is 10.8. The molecule has 0 bridgehead atoms. The van der Waals surface area contributed by atoms with Crippen LogP contribution in [0.5, 0.6) is 11.5 Å². The average molecular weight is 424 g/mol. The molecule has 0 unspecified atom stereocenters. The fraction of sp³-hybridized carbons (Fsp3) is 0.300. The lowest BCUT2D eigenvalue weighted by atomic mass is 10.2. The molecule has 0 spiro atoms. The van der Waals surface area contributed by atoms with Gasteiger partial charge in [0.2, 0.25) is 0 Å². The normalized spacial score (nSPS) is 15.7. The molecule has 2 aromatic heterocycles. The Hall–Kier alpha value is -3.27. The van der Waals surface area contributed by atoms with E-state index in [4.69, 9.17) is 9.47 Å². The van der Waals surface area contributed by atoms with E-state index >= 15 is 0 Å². The van der Waals surface area contributed by atoms with Crippen LogP contribution < -0.4 is 19.7 Å². The lowest BCUT2D eigenvalue weighted by Gasteiger charge is -2.27. The highest BCUT2D eigenvalue weighted by Gasteiger charge is 2.16. The van der Waals surface area contributed by atoms with Crippen molar-refractivity contribution in [3.8, 4) is 17.3 Å². The van der Waals surface area contributed by atoms with Gasteiger partial charge in [-0.1, -0.05) is 0 Å². The number of hydrogen-bond acceptors (Lipinski definition) is 8. The Morgan fingerprint density at radius 2 is 1.80 bits per heavy atom. The third-order valence-corrected chi connectivity index (χ3v) is 5.80. The summed E-state index contributed by atoms with van der Waals surface area (Å²) >= 11 is 1.95. The van der Waals surface area contributed by atoms with Gasteiger partial charge in [0.15, 0.2) is 11.5 Å². The topological polar surface area (TPSA) is 94.4 Å². The monoisotopic (exact) mass is 424 g/mol. The Morgan fingerprint density at radius 3 is 2.67 bits per heavy atom. The highest BCUT2D eigenvalue weighted by Crippen LogP contribution is 2.32. The van der Waals surface area contributed by atoms with Gasteiger partial charge in [0.1, 0.15) is 43.2 Å². The number of nitrogens with zero attached hydrogens (tertiary/aromatic N) is 5. The van der Waals surface area contributed by atoms with Crippen LogP contribution in [0.1, 0.15) is 10.5 Å². The van der Waals surface area contributed by atoms with Crippen molar-refractivity contribution >= 4 is 29.2 Å². The standard InChI is InChI=1S/C20H20N6O3S/c27-20(24-14-1-2-16-17(9-14)29-6-5-28-16)15-11-26(13-23-15)19-10-18(21-12-22-19)25-3-7-30-8-4-25/h1-2,9-13H,3-8H2,(H,24,27). The molecule has 1 N–H and O–H groups in total. The maximum absolute atomic E-state index is 12.6. The smallest absolute Gasteiger partial charge is 0.275 e. The molecular weight excluding hydrogens is 404 g/mol. The van der Waals surface area contributed by atoms with Gasteiger partial charge in [0.25, 0.3) is 5.91 Å². The fourth-order valence-electron chi connectivity index (χ4n) is 3.33. The average Bonchev–Trinajstić information content (AvgIpc) is 3.30. The maximum atomic E-state index is 12.6. The molecule has 0 aliphatic carbocycles. The number of imidazole rings is 1. The number of fused-ring (bicyclic) bond motifs is 1. The number of anilines is 2. The molecule has 1 fully saturated rings. The van der Waals surface area contributed by atoms with Crippen LogP contribution in [-0.2, 0) is 0 Å². The first kappa shape index (κ1) is 18.7. The number of amides is 1. The predicted molar refractivity (Wildman–Crippen MR) is 114 cm³/mol. The Morgan fingerprint density at radius 1 is 1.00 bits per heavy atom. The highest BCUT2D eigenvalue weighted by molar-refractivity contribution is 7.99. The van der Waals surface area contributed by atoms with Crippen LogP contribution in [0.3, 0.4) is 0 Å².